The number of hydrogen-bond acceptors (Lipinski definition) is 6. The normalized spacial score (nSPS) is 15.3. The minimum Gasteiger partial charge on any atom is -0.353 e. The Hall–Kier alpha value is -1.95. The van der Waals surface area contributed by atoms with E-state index in [1.165, 1.54) is 0 Å². The molecular formula is C14H17ClN6. The maximum absolute atomic E-state index is 6.06. The zero-order valence-electron chi connectivity index (χ0n) is 11.9. The number of halogens is 1. The van der Waals surface area contributed by atoms with E-state index in [2.05, 4.69) is 29.7 Å². The van der Waals surface area contributed by atoms with Crippen LogP contribution in [-0.4, -0.2) is 46.1 Å². The van der Waals surface area contributed by atoms with Gasteiger partial charge in [-0.05, 0) is 6.07 Å². The molecule has 0 unspecified atom stereocenters. The van der Waals surface area contributed by atoms with Crippen LogP contribution in [0, 0.1) is 0 Å². The van der Waals surface area contributed by atoms with Crippen molar-refractivity contribution >= 4 is 23.4 Å². The van der Waals surface area contributed by atoms with Crippen LogP contribution in [0.25, 0.3) is 0 Å². The molecular weight excluding hydrogens is 288 g/mol. The highest BCUT2D eigenvalue weighted by Crippen LogP contribution is 2.19. The van der Waals surface area contributed by atoms with Crippen molar-refractivity contribution in [3.63, 3.8) is 0 Å². The van der Waals surface area contributed by atoms with Crippen LogP contribution < -0.4 is 9.80 Å². The van der Waals surface area contributed by atoms with Crippen LogP contribution >= 0.6 is 11.6 Å². The molecule has 6 nitrogen and oxygen atoms in total. The van der Waals surface area contributed by atoms with Crippen molar-refractivity contribution in [2.75, 3.05) is 36.0 Å². The van der Waals surface area contributed by atoms with Crippen molar-refractivity contribution < 1.29 is 0 Å². The molecule has 0 aromatic carbocycles. The van der Waals surface area contributed by atoms with Gasteiger partial charge in [0.25, 0.3) is 0 Å². The number of anilines is 2. The number of aryl methyl sites for hydroxylation is 1. The summed E-state index contributed by atoms with van der Waals surface area (Å²) in [5, 5.41) is 0.505. The molecule has 0 saturated carbocycles. The van der Waals surface area contributed by atoms with Crippen LogP contribution in [0.15, 0.2) is 24.5 Å². The Morgan fingerprint density at radius 1 is 1.05 bits per heavy atom. The van der Waals surface area contributed by atoms with Gasteiger partial charge in [-0.3, -0.25) is 0 Å². The summed E-state index contributed by atoms with van der Waals surface area (Å²) in [7, 11) is 0. The van der Waals surface area contributed by atoms with E-state index >= 15 is 0 Å². The van der Waals surface area contributed by atoms with E-state index in [9.17, 15) is 0 Å². The second-order valence-electron chi connectivity index (χ2n) is 4.84. The summed E-state index contributed by atoms with van der Waals surface area (Å²) in [5.41, 5.74) is 0. The Bertz CT molecular complexity index is 598. The van der Waals surface area contributed by atoms with E-state index in [-0.39, 0.29) is 0 Å². The van der Waals surface area contributed by atoms with Crippen molar-refractivity contribution in [2.24, 2.45) is 0 Å². The lowest BCUT2D eigenvalue weighted by Gasteiger charge is -2.35. The van der Waals surface area contributed by atoms with Gasteiger partial charge in [0.15, 0.2) is 0 Å². The lowest BCUT2D eigenvalue weighted by Crippen LogP contribution is -2.47. The lowest BCUT2D eigenvalue weighted by molar-refractivity contribution is 0.632. The third-order valence-corrected chi connectivity index (χ3v) is 3.68. The van der Waals surface area contributed by atoms with Gasteiger partial charge in [0, 0.05) is 51.1 Å². The van der Waals surface area contributed by atoms with Gasteiger partial charge in [-0.2, -0.15) is 0 Å². The smallest absolute Gasteiger partial charge is 0.225 e. The molecule has 0 aliphatic carbocycles. The molecule has 1 aliphatic heterocycles. The fourth-order valence-corrected chi connectivity index (χ4v) is 2.56. The first-order valence-electron chi connectivity index (χ1n) is 7.06. The number of aromatic nitrogens is 4. The summed E-state index contributed by atoms with van der Waals surface area (Å²) in [4.78, 5) is 21.8. The monoisotopic (exact) mass is 304 g/mol. The molecule has 21 heavy (non-hydrogen) atoms. The summed E-state index contributed by atoms with van der Waals surface area (Å²) in [6, 6.07) is 3.66. The Labute approximate surface area is 128 Å². The largest absolute Gasteiger partial charge is 0.353 e. The van der Waals surface area contributed by atoms with Gasteiger partial charge in [-0.1, -0.05) is 18.5 Å². The van der Waals surface area contributed by atoms with Crippen LogP contribution in [0.5, 0.6) is 0 Å². The second kappa shape index (κ2) is 6.22. The van der Waals surface area contributed by atoms with Gasteiger partial charge in [-0.15, -0.1) is 0 Å². The lowest BCUT2D eigenvalue weighted by atomic mass is 10.3. The van der Waals surface area contributed by atoms with E-state index in [4.69, 9.17) is 11.6 Å². The van der Waals surface area contributed by atoms with Crippen molar-refractivity contribution in [1.82, 2.24) is 19.9 Å². The highest BCUT2D eigenvalue weighted by molar-refractivity contribution is 6.29. The highest BCUT2D eigenvalue weighted by atomic mass is 35.5. The van der Waals surface area contributed by atoms with E-state index < -0.39 is 0 Å². The summed E-state index contributed by atoms with van der Waals surface area (Å²) < 4.78 is 0. The fraction of sp³-hybridized carbons (Fsp3) is 0.429. The maximum atomic E-state index is 6.06. The number of piperazine rings is 1. The SMILES string of the molecule is CCc1nc(Cl)cc(N2CCN(c3ncccn3)CC2)n1. The summed E-state index contributed by atoms with van der Waals surface area (Å²) in [5.74, 6) is 2.47. The second-order valence-corrected chi connectivity index (χ2v) is 5.23. The molecule has 110 valence electrons. The highest BCUT2D eigenvalue weighted by Gasteiger charge is 2.20. The fourth-order valence-electron chi connectivity index (χ4n) is 2.36. The summed E-state index contributed by atoms with van der Waals surface area (Å²) in [6.07, 6.45) is 4.32. The minimum atomic E-state index is 0.505. The number of nitrogens with zero attached hydrogens (tertiary/aromatic N) is 6. The van der Waals surface area contributed by atoms with Crippen molar-refractivity contribution in [3.05, 3.63) is 35.5 Å². The van der Waals surface area contributed by atoms with Gasteiger partial charge in [0.2, 0.25) is 5.95 Å². The van der Waals surface area contributed by atoms with Gasteiger partial charge in [-0.25, -0.2) is 19.9 Å². The standard InChI is InChI=1S/C14H17ClN6/c1-2-12-18-11(15)10-13(19-12)20-6-8-21(9-7-20)14-16-4-3-5-17-14/h3-5,10H,2,6-9H2,1H3. The molecule has 0 amide bonds. The molecule has 0 bridgehead atoms. The van der Waals surface area contributed by atoms with Crippen molar-refractivity contribution in [2.45, 2.75) is 13.3 Å². The molecule has 7 heteroatoms. The van der Waals surface area contributed by atoms with E-state index in [1.807, 2.05) is 19.1 Å². The predicted octanol–water partition coefficient (Wildman–Crippen LogP) is 1.81. The zero-order chi connectivity index (χ0) is 14.7. The number of hydrogen-bond donors (Lipinski definition) is 0. The van der Waals surface area contributed by atoms with Gasteiger partial charge < -0.3 is 9.80 Å². The molecule has 2 aromatic heterocycles. The first-order chi connectivity index (χ1) is 10.3. The van der Waals surface area contributed by atoms with Gasteiger partial charge in [0.1, 0.15) is 16.8 Å². The third kappa shape index (κ3) is 3.21. The van der Waals surface area contributed by atoms with E-state index in [0.29, 0.717) is 5.15 Å². The first kappa shape index (κ1) is 14.0. The zero-order valence-corrected chi connectivity index (χ0v) is 12.7. The molecule has 0 spiro atoms. The average Bonchev–Trinajstić information content (AvgIpc) is 2.55. The molecule has 3 heterocycles. The molecule has 3 rings (SSSR count). The third-order valence-electron chi connectivity index (χ3n) is 3.48. The Kier molecular flexibility index (Phi) is 4.15. The molecule has 1 aliphatic rings. The summed E-state index contributed by atoms with van der Waals surface area (Å²) in [6.45, 7) is 5.50. The molecule has 0 radical (unpaired) electrons. The number of rotatable bonds is 3. The van der Waals surface area contributed by atoms with E-state index in [0.717, 1.165) is 50.2 Å². The van der Waals surface area contributed by atoms with Crippen LogP contribution in [0.4, 0.5) is 11.8 Å². The van der Waals surface area contributed by atoms with Gasteiger partial charge in [0.05, 0.1) is 0 Å². The van der Waals surface area contributed by atoms with Crippen LogP contribution in [0.2, 0.25) is 5.15 Å². The van der Waals surface area contributed by atoms with Crippen molar-refractivity contribution in [3.8, 4) is 0 Å². The predicted molar refractivity (Wildman–Crippen MR) is 82.9 cm³/mol. The Morgan fingerprint density at radius 3 is 2.38 bits per heavy atom. The topological polar surface area (TPSA) is 58.0 Å². The van der Waals surface area contributed by atoms with Crippen LogP contribution in [-0.2, 0) is 6.42 Å². The minimum absolute atomic E-state index is 0.505. The quantitative estimate of drug-likeness (QED) is 0.806. The van der Waals surface area contributed by atoms with Gasteiger partial charge >= 0.3 is 0 Å². The van der Waals surface area contributed by atoms with E-state index in [1.54, 1.807) is 12.4 Å². The first-order valence-corrected chi connectivity index (χ1v) is 7.44. The molecule has 0 atom stereocenters. The molecule has 0 N–H and O–H groups in total. The molecule has 2 aromatic rings. The Balaban J connectivity index is 1.70. The molecule has 1 saturated heterocycles. The maximum Gasteiger partial charge on any atom is 0.225 e. The summed E-state index contributed by atoms with van der Waals surface area (Å²) >= 11 is 6.06. The molecule has 1 fully saturated rings. The van der Waals surface area contributed by atoms with Crippen LogP contribution in [0.1, 0.15) is 12.7 Å². The Morgan fingerprint density at radius 2 is 1.71 bits per heavy atom. The van der Waals surface area contributed by atoms with Crippen molar-refractivity contribution in [1.29, 1.82) is 0 Å². The van der Waals surface area contributed by atoms with Crippen LogP contribution in [0.3, 0.4) is 0 Å². The average molecular weight is 305 g/mol.